The fourth-order valence-corrected chi connectivity index (χ4v) is 4.22. The first kappa shape index (κ1) is 15.8. The molecule has 0 aromatic rings. The molecule has 1 amide bonds. The second kappa shape index (κ2) is 6.46. The molecule has 116 valence electrons. The van der Waals surface area contributed by atoms with Gasteiger partial charge in [-0.2, -0.15) is 0 Å². The zero-order valence-electron chi connectivity index (χ0n) is 13.5. The van der Waals surface area contributed by atoms with Gasteiger partial charge in [-0.25, -0.2) is 0 Å². The molecule has 0 heterocycles. The molecule has 3 heteroatoms. The molecule has 3 N–H and O–H groups in total. The lowest BCUT2D eigenvalue weighted by Gasteiger charge is -2.31. The summed E-state index contributed by atoms with van der Waals surface area (Å²) in [5, 5.41) is 3.29. The van der Waals surface area contributed by atoms with E-state index in [1.54, 1.807) is 0 Å². The van der Waals surface area contributed by atoms with E-state index in [1.807, 2.05) is 0 Å². The first-order valence-corrected chi connectivity index (χ1v) is 8.39. The molecule has 2 fully saturated rings. The maximum absolute atomic E-state index is 12.2. The van der Waals surface area contributed by atoms with E-state index in [4.69, 9.17) is 5.73 Å². The van der Waals surface area contributed by atoms with Crippen LogP contribution in [0.25, 0.3) is 0 Å². The maximum atomic E-state index is 12.2. The Morgan fingerprint density at radius 2 is 2.00 bits per heavy atom. The highest BCUT2D eigenvalue weighted by Crippen LogP contribution is 2.44. The third-order valence-electron chi connectivity index (χ3n) is 5.54. The summed E-state index contributed by atoms with van der Waals surface area (Å²) in [5.74, 6) is 2.46. The smallest absolute Gasteiger partial charge is 0.220 e. The zero-order chi connectivity index (χ0) is 14.8. The van der Waals surface area contributed by atoms with Crippen LogP contribution in [0.15, 0.2) is 0 Å². The first-order valence-electron chi connectivity index (χ1n) is 8.39. The Labute approximate surface area is 124 Å². The summed E-state index contributed by atoms with van der Waals surface area (Å²) in [6.07, 6.45) is 7.94. The average molecular weight is 280 g/mol. The number of amides is 1. The molecule has 2 aliphatic carbocycles. The van der Waals surface area contributed by atoms with Crippen LogP contribution < -0.4 is 11.1 Å². The van der Waals surface area contributed by atoms with E-state index in [1.165, 1.54) is 25.7 Å². The molecule has 0 spiro atoms. The summed E-state index contributed by atoms with van der Waals surface area (Å²) in [6.45, 7) is 7.47. The van der Waals surface area contributed by atoms with Crippen LogP contribution in [0.1, 0.15) is 65.7 Å². The molecule has 0 saturated heterocycles. The molecule has 0 aromatic carbocycles. The van der Waals surface area contributed by atoms with Gasteiger partial charge >= 0.3 is 0 Å². The molecule has 4 atom stereocenters. The number of carbonyl (C=O) groups excluding carboxylic acids is 1. The molecule has 3 nitrogen and oxygen atoms in total. The van der Waals surface area contributed by atoms with E-state index >= 15 is 0 Å². The van der Waals surface area contributed by atoms with Gasteiger partial charge in [-0.05, 0) is 61.8 Å². The van der Waals surface area contributed by atoms with Gasteiger partial charge in [-0.1, -0.05) is 27.2 Å². The van der Waals surface area contributed by atoms with Gasteiger partial charge in [0.15, 0.2) is 0 Å². The summed E-state index contributed by atoms with van der Waals surface area (Å²) >= 11 is 0. The lowest BCUT2D eigenvalue weighted by atomic mass is 9.76. The molecule has 2 saturated carbocycles. The Kier molecular flexibility index (Phi) is 5.11. The SMILES string of the molecule is CC(C)(C)C(CCN)CCC(=O)NC1CC2CCC1C2. The Hall–Kier alpha value is -0.570. The number of fused-ring (bicyclic) bond motifs is 2. The van der Waals surface area contributed by atoms with Gasteiger partial charge in [-0.15, -0.1) is 0 Å². The Balaban J connectivity index is 1.74. The van der Waals surface area contributed by atoms with Crippen molar-refractivity contribution in [2.75, 3.05) is 6.54 Å². The maximum Gasteiger partial charge on any atom is 0.220 e. The second-order valence-corrected chi connectivity index (χ2v) is 8.03. The largest absolute Gasteiger partial charge is 0.353 e. The topological polar surface area (TPSA) is 55.1 Å². The van der Waals surface area contributed by atoms with Crippen molar-refractivity contribution in [1.29, 1.82) is 0 Å². The van der Waals surface area contributed by atoms with Crippen LogP contribution in [0.5, 0.6) is 0 Å². The Morgan fingerprint density at radius 3 is 2.50 bits per heavy atom. The molecular formula is C17H32N2O. The van der Waals surface area contributed by atoms with Gasteiger partial charge in [0.25, 0.3) is 0 Å². The second-order valence-electron chi connectivity index (χ2n) is 8.03. The molecule has 0 aromatic heterocycles. The van der Waals surface area contributed by atoms with Crippen molar-refractivity contribution >= 4 is 5.91 Å². The predicted octanol–water partition coefficient (Wildman–Crippen LogP) is 3.08. The number of hydrogen-bond donors (Lipinski definition) is 2. The van der Waals surface area contributed by atoms with Crippen molar-refractivity contribution < 1.29 is 4.79 Å². The van der Waals surface area contributed by atoms with E-state index in [-0.39, 0.29) is 11.3 Å². The van der Waals surface area contributed by atoms with Crippen molar-refractivity contribution in [3.8, 4) is 0 Å². The number of carbonyl (C=O) groups is 1. The van der Waals surface area contributed by atoms with Crippen LogP contribution in [-0.2, 0) is 4.79 Å². The highest BCUT2D eigenvalue weighted by atomic mass is 16.1. The number of rotatable bonds is 6. The molecule has 2 bridgehead atoms. The van der Waals surface area contributed by atoms with Gasteiger partial charge in [-0.3, -0.25) is 4.79 Å². The fraction of sp³-hybridized carbons (Fsp3) is 0.941. The molecule has 0 radical (unpaired) electrons. The van der Waals surface area contributed by atoms with Crippen molar-refractivity contribution in [2.24, 2.45) is 28.9 Å². The van der Waals surface area contributed by atoms with Crippen molar-refractivity contribution in [2.45, 2.75) is 71.8 Å². The standard InChI is InChI=1S/C17H32N2O/c1-17(2,3)14(8-9-18)6-7-16(20)19-15-11-12-4-5-13(15)10-12/h12-15H,4-11,18H2,1-3H3,(H,19,20). The van der Waals surface area contributed by atoms with Crippen molar-refractivity contribution in [3.63, 3.8) is 0 Å². The van der Waals surface area contributed by atoms with E-state index in [2.05, 4.69) is 26.1 Å². The van der Waals surface area contributed by atoms with E-state index in [0.29, 0.717) is 18.4 Å². The quantitative estimate of drug-likeness (QED) is 0.785. The highest BCUT2D eigenvalue weighted by molar-refractivity contribution is 5.76. The molecule has 0 aliphatic heterocycles. The lowest BCUT2D eigenvalue weighted by molar-refractivity contribution is -0.122. The summed E-state index contributed by atoms with van der Waals surface area (Å²) < 4.78 is 0. The van der Waals surface area contributed by atoms with E-state index in [9.17, 15) is 4.79 Å². The molecule has 2 rings (SSSR count). The van der Waals surface area contributed by atoms with Gasteiger partial charge in [0.05, 0.1) is 0 Å². The van der Waals surface area contributed by atoms with Crippen molar-refractivity contribution in [3.05, 3.63) is 0 Å². The summed E-state index contributed by atoms with van der Waals surface area (Å²) in [6, 6.07) is 0.476. The van der Waals surface area contributed by atoms with Crippen LogP contribution in [0.3, 0.4) is 0 Å². The first-order chi connectivity index (χ1) is 9.40. The van der Waals surface area contributed by atoms with Gasteiger partial charge in [0, 0.05) is 12.5 Å². The third-order valence-corrected chi connectivity index (χ3v) is 5.54. The molecule has 4 unspecified atom stereocenters. The zero-order valence-corrected chi connectivity index (χ0v) is 13.5. The number of nitrogens with two attached hydrogens (primary N) is 1. The third kappa shape index (κ3) is 3.97. The summed E-state index contributed by atoms with van der Waals surface area (Å²) in [7, 11) is 0. The summed E-state index contributed by atoms with van der Waals surface area (Å²) in [4.78, 5) is 12.2. The minimum absolute atomic E-state index is 0.242. The fourth-order valence-electron chi connectivity index (χ4n) is 4.22. The molecular weight excluding hydrogens is 248 g/mol. The van der Waals surface area contributed by atoms with Gasteiger partial charge in [0.2, 0.25) is 5.91 Å². The Morgan fingerprint density at radius 1 is 1.25 bits per heavy atom. The highest BCUT2D eigenvalue weighted by Gasteiger charge is 2.40. The van der Waals surface area contributed by atoms with Gasteiger partial charge < -0.3 is 11.1 Å². The van der Waals surface area contributed by atoms with Crippen LogP contribution in [-0.4, -0.2) is 18.5 Å². The van der Waals surface area contributed by atoms with Crippen molar-refractivity contribution in [1.82, 2.24) is 5.32 Å². The minimum Gasteiger partial charge on any atom is -0.353 e. The average Bonchev–Trinajstić information content (AvgIpc) is 2.95. The van der Waals surface area contributed by atoms with E-state index < -0.39 is 0 Å². The normalized spacial score (nSPS) is 30.5. The predicted molar refractivity (Wildman–Crippen MR) is 83.2 cm³/mol. The van der Waals surface area contributed by atoms with Crippen LogP contribution in [0.4, 0.5) is 0 Å². The lowest BCUT2D eigenvalue weighted by Crippen LogP contribution is -2.38. The Bertz CT molecular complexity index is 334. The van der Waals surface area contributed by atoms with Crippen LogP contribution >= 0.6 is 0 Å². The number of hydrogen-bond acceptors (Lipinski definition) is 2. The van der Waals surface area contributed by atoms with Gasteiger partial charge in [0.1, 0.15) is 0 Å². The molecule has 2 aliphatic rings. The van der Waals surface area contributed by atoms with Crippen LogP contribution in [0, 0.1) is 23.2 Å². The molecule has 20 heavy (non-hydrogen) atoms. The number of nitrogens with one attached hydrogen (secondary N) is 1. The summed E-state index contributed by atoms with van der Waals surface area (Å²) in [5.41, 5.74) is 5.95. The minimum atomic E-state index is 0.242. The monoisotopic (exact) mass is 280 g/mol. The van der Waals surface area contributed by atoms with E-state index in [0.717, 1.165) is 31.2 Å². The van der Waals surface area contributed by atoms with Crippen LogP contribution in [0.2, 0.25) is 0 Å².